The van der Waals surface area contributed by atoms with Gasteiger partial charge < -0.3 is 15.2 Å². The molecule has 0 aliphatic heterocycles. The molecule has 180 valence electrons. The summed E-state index contributed by atoms with van der Waals surface area (Å²) in [6.07, 6.45) is 24.5. The summed E-state index contributed by atoms with van der Waals surface area (Å²) in [6, 6.07) is 6.63. The van der Waals surface area contributed by atoms with E-state index in [0.29, 0.717) is 6.42 Å². The highest BCUT2D eigenvalue weighted by molar-refractivity contribution is 5.76. The molecule has 0 amide bonds. The molecule has 0 bridgehead atoms. The van der Waals surface area contributed by atoms with Gasteiger partial charge in [-0.3, -0.25) is 4.79 Å². The SMILES string of the molecule is CCCCCC=CCC=CCCCCCCCCN[C@@H](Cc1ccc(O)cc1)C(=O)OC. The van der Waals surface area contributed by atoms with E-state index in [2.05, 4.69) is 36.5 Å². The number of aromatic hydroxyl groups is 1. The average Bonchev–Trinajstić information content (AvgIpc) is 2.81. The highest BCUT2D eigenvalue weighted by atomic mass is 16.5. The van der Waals surface area contributed by atoms with Gasteiger partial charge in [-0.1, -0.05) is 81.9 Å². The molecule has 0 spiro atoms. The van der Waals surface area contributed by atoms with Gasteiger partial charge in [-0.15, -0.1) is 0 Å². The van der Waals surface area contributed by atoms with Crippen LogP contribution in [0.1, 0.15) is 89.5 Å². The maximum absolute atomic E-state index is 12.0. The molecule has 32 heavy (non-hydrogen) atoms. The van der Waals surface area contributed by atoms with Gasteiger partial charge in [-0.25, -0.2) is 0 Å². The molecule has 0 saturated heterocycles. The Hall–Kier alpha value is -2.07. The standard InChI is InChI=1S/C28H45NO3/c1-3-4-5-6-7-8-9-10-11-12-13-14-15-16-17-18-23-29-27(28(31)32-2)24-25-19-21-26(30)22-20-25/h7-8,10-11,19-22,27,29-30H,3-6,9,12-18,23-24H2,1-2H3/t27-/m0/s1. The lowest BCUT2D eigenvalue weighted by Gasteiger charge is -2.16. The summed E-state index contributed by atoms with van der Waals surface area (Å²) in [5, 5.41) is 12.7. The number of nitrogens with one attached hydrogen (secondary N) is 1. The summed E-state index contributed by atoms with van der Waals surface area (Å²) in [7, 11) is 1.42. The van der Waals surface area contributed by atoms with Gasteiger partial charge in [0.15, 0.2) is 0 Å². The molecule has 0 aromatic heterocycles. The van der Waals surface area contributed by atoms with Crippen molar-refractivity contribution in [3.8, 4) is 5.75 Å². The molecule has 0 aliphatic rings. The Balaban J connectivity index is 2.02. The molecule has 0 radical (unpaired) electrons. The van der Waals surface area contributed by atoms with E-state index in [-0.39, 0.29) is 17.8 Å². The zero-order chi connectivity index (χ0) is 23.3. The van der Waals surface area contributed by atoms with Crippen LogP contribution in [0.3, 0.4) is 0 Å². The van der Waals surface area contributed by atoms with Crippen molar-refractivity contribution < 1.29 is 14.6 Å². The van der Waals surface area contributed by atoms with Crippen molar-refractivity contribution in [1.82, 2.24) is 5.32 Å². The van der Waals surface area contributed by atoms with E-state index in [9.17, 15) is 9.90 Å². The van der Waals surface area contributed by atoms with Gasteiger partial charge in [-0.05, 0) is 69.2 Å². The summed E-state index contributed by atoms with van der Waals surface area (Å²) < 4.78 is 4.93. The molecule has 1 rings (SSSR count). The number of esters is 1. The Morgan fingerprint density at radius 3 is 2.12 bits per heavy atom. The molecule has 1 atom stereocenters. The van der Waals surface area contributed by atoms with Crippen molar-refractivity contribution in [3.63, 3.8) is 0 Å². The molecular formula is C28H45NO3. The molecular weight excluding hydrogens is 398 g/mol. The second-order valence-corrected chi connectivity index (χ2v) is 8.48. The number of carbonyl (C=O) groups is 1. The molecule has 0 heterocycles. The monoisotopic (exact) mass is 443 g/mol. The van der Waals surface area contributed by atoms with Crippen molar-refractivity contribution in [2.75, 3.05) is 13.7 Å². The van der Waals surface area contributed by atoms with E-state index in [0.717, 1.165) is 24.9 Å². The van der Waals surface area contributed by atoms with E-state index < -0.39 is 0 Å². The predicted molar refractivity (Wildman–Crippen MR) is 135 cm³/mol. The fraction of sp³-hybridized carbons (Fsp3) is 0.607. The van der Waals surface area contributed by atoms with Gasteiger partial charge in [0.25, 0.3) is 0 Å². The fourth-order valence-corrected chi connectivity index (χ4v) is 3.64. The molecule has 0 saturated carbocycles. The second-order valence-electron chi connectivity index (χ2n) is 8.48. The lowest BCUT2D eigenvalue weighted by Crippen LogP contribution is -2.40. The number of ether oxygens (including phenoxy) is 1. The summed E-state index contributed by atoms with van der Waals surface area (Å²) in [5.41, 5.74) is 1.00. The molecule has 0 aliphatic carbocycles. The Labute approximate surface area is 196 Å². The summed E-state index contributed by atoms with van der Waals surface area (Å²) >= 11 is 0. The highest BCUT2D eigenvalue weighted by Gasteiger charge is 2.18. The van der Waals surface area contributed by atoms with E-state index in [1.165, 1.54) is 71.3 Å². The highest BCUT2D eigenvalue weighted by Crippen LogP contribution is 2.12. The Morgan fingerprint density at radius 1 is 0.906 bits per heavy atom. The first-order chi connectivity index (χ1) is 15.7. The van der Waals surface area contributed by atoms with Crippen LogP contribution in [0, 0.1) is 0 Å². The van der Waals surface area contributed by atoms with E-state index in [1.54, 1.807) is 12.1 Å². The van der Waals surface area contributed by atoms with Crippen molar-refractivity contribution >= 4 is 5.97 Å². The number of phenolic OH excluding ortho intramolecular Hbond substituents is 1. The van der Waals surface area contributed by atoms with Gasteiger partial charge in [0.1, 0.15) is 11.8 Å². The number of benzene rings is 1. The number of hydrogen-bond acceptors (Lipinski definition) is 4. The van der Waals surface area contributed by atoms with Crippen LogP contribution in [0.4, 0.5) is 0 Å². The second kappa shape index (κ2) is 19.6. The average molecular weight is 444 g/mol. The lowest BCUT2D eigenvalue weighted by atomic mass is 10.1. The Kier molecular flexibility index (Phi) is 17.1. The largest absolute Gasteiger partial charge is 0.508 e. The van der Waals surface area contributed by atoms with Crippen molar-refractivity contribution in [3.05, 3.63) is 54.1 Å². The van der Waals surface area contributed by atoms with Gasteiger partial charge in [0.05, 0.1) is 7.11 Å². The molecule has 1 aromatic rings. The zero-order valence-corrected chi connectivity index (χ0v) is 20.4. The fourth-order valence-electron chi connectivity index (χ4n) is 3.64. The quantitative estimate of drug-likeness (QED) is 0.139. The van der Waals surface area contributed by atoms with E-state index in [4.69, 9.17) is 4.74 Å². The molecule has 0 fully saturated rings. The molecule has 4 heteroatoms. The number of allylic oxidation sites excluding steroid dienone is 4. The van der Waals surface area contributed by atoms with Gasteiger partial charge in [0, 0.05) is 0 Å². The van der Waals surface area contributed by atoms with Crippen LogP contribution in [-0.2, 0) is 16.0 Å². The summed E-state index contributed by atoms with van der Waals surface area (Å²) in [4.78, 5) is 12.0. The van der Waals surface area contributed by atoms with Crippen molar-refractivity contribution in [2.24, 2.45) is 0 Å². The molecule has 1 aromatic carbocycles. The normalized spacial score (nSPS) is 12.6. The number of carbonyl (C=O) groups excluding carboxylic acids is 1. The first kappa shape index (κ1) is 28.0. The van der Waals surface area contributed by atoms with E-state index in [1.807, 2.05) is 12.1 Å². The molecule has 4 nitrogen and oxygen atoms in total. The van der Waals surface area contributed by atoms with E-state index >= 15 is 0 Å². The number of hydrogen-bond donors (Lipinski definition) is 2. The van der Waals surface area contributed by atoms with Crippen LogP contribution in [0.5, 0.6) is 5.75 Å². The van der Waals surface area contributed by atoms with Crippen LogP contribution in [-0.4, -0.2) is 30.8 Å². The third-order valence-electron chi connectivity index (χ3n) is 5.63. The minimum absolute atomic E-state index is 0.234. The zero-order valence-electron chi connectivity index (χ0n) is 20.4. The van der Waals surface area contributed by atoms with Crippen LogP contribution < -0.4 is 5.32 Å². The predicted octanol–water partition coefficient (Wildman–Crippen LogP) is 6.88. The maximum Gasteiger partial charge on any atom is 0.323 e. The third kappa shape index (κ3) is 14.9. The number of rotatable bonds is 19. The Morgan fingerprint density at radius 2 is 1.50 bits per heavy atom. The smallest absolute Gasteiger partial charge is 0.323 e. The first-order valence-corrected chi connectivity index (χ1v) is 12.6. The van der Waals surface area contributed by atoms with Crippen molar-refractivity contribution in [1.29, 1.82) is 0 Å². The molecule has 2 N–H and O–H groups in total. The Bertz CT molecular complexity index is 637. The minimum Gasteiger partial charge on any atom is -0.508 e. The van der Waals surface area contributed by atoms with Crippen LogP contribution in [0.2, 0.25) is 0 Å². The summed E-state index contributed by atoms with van der Waals surface area (Å²) in [6.45, 7) is 3.06. The third-order valence-corrected chi connectivity index (χ3v) is 5.63. The number of phenols is 1. The lowest BCUT2D eigenvalue weighted by molar-refractivity contribution is -0.143. The number of methoxy groups -OCH3 is 1. The molecule has 0 unspecified atom stereocenters. The number of unbranched alkanes of at least 4 members (excludes halogenated alkanes) is 9. The minimum atomic E-state index is -0.345. The van der Waals surface area contributed by atoms with Crippen molar-refractivity contribution in [2.45, 2.75) is 96.4 Å². The summed E-state index contributed by atoms with van der Waals surface area (Å²) in [5.74, 6) is -0.00390. The maximum atomic E-state index is 12.0. The van der Waals surface area contributed by atoms with Gasteiger partial charge >= 0.3 is 5.97 Å². The van der Waals surface area contributed by atoms with Gasteiger partial charge in [0.2, 0.25) is 0 Å². The van der Waals surface area contributed by atoms with Crippen LogP contribution in [0.25, 0.3) is 0 Å². The first-order valence-electron chi connectivity index (χ1n) is 12.6. The van der Waals surface area contributed by atoms with Crippen LogP contribution in [0.15, 0.2) is 48.6 Å². The van der Waals surface area contributed by atoms with Gasteiger partial charge in [-0.2, -0.15) is 0 Å². The topological polar surface area (TPSA) is 58.6 Å². The van der Waals surface area contributed by atoms with Crippen LogP contribution >= 0.6 is 0 Å².